The number of aliphatic hydroxyl groups excluding tert-OH is 1. The highest BCUT2D eigenvalue weighted by Gasteiger charge is 2.11. The Morgan fingerprint density at radius 1 is 0.826 bits per heavy atom. The summed E-state index contributed by atoms with van der Waals surface area (Å²) >= 11 is 0. The second-order valence-corrected chi connectivity index (χ2v) is 6.96. The Bertz CT molecular complexity index is 287. The molecule has 0 saturated heterocycles. The van der Waals surface area contributed by atoms with E-state index in [1.807, 2.05) is 0 Å². The Kier molecular flexibility index (Phi) is 17.5. The van der Waals surface area contributed by atoms with Gasteiger partial charge in [-0.2, -0.15) is 0 Å². The van der Waals surface area contributed by atoms with Gasteiger partial charge in [-0.15, -0.1) is 0 Å². The molecule has 0 rings (SSSR count). The number of amides is 1. The van der Waals surface area contributed by atoms with Crippen LogP contribution in [0.25, 0.3) is 0 Å². The first kappa shape index (κ1) is 22.5. The second-order valence-electron chi connectivity index (χ2n) is 6.31. The van der Waals surface area contributed by atoms with Crippen LogP contribution in [0.5, 0.6) is 0 Å². The summed E-state index contributed by atoms with van der Waals surface area (Å²) in [6, 6.07) is 0. The van der Waals surface area contributed by atoms with Crippen LogP contribution in [-0.2, 0) is 9.36 Å². The number of rotatable bonds is 17. The summed E-state index contributed by atoms with van der Waals surface area (Å²) in [5.74, 6) is -0.126. The van der Waals surface area contributed by atoms with E-state index in [0.29, 0.717) is 6.42 Å². The third-order valence-corrected chi connectivity index (χ3v) is 4.81. The van der Waals surface area contributed by atoms with Gasteiger partial charge in [0.1, 0.15) is 0 Å². The van der Waals surface area contributed by atoms with Crippen LogP contribution in [0.2, 0.25) is 0 Å². The maximum absolute atomic E-state index is 11.7. The van der Waals surface area contributed by atoms with Crippen molar-refractivity contribution in [2.45, 2.75) is 96.8 Å². The minimum absolute atomic E-state index is 0.126. The lowest BCUT2D eigenvalue weighted by Crippen LogP contribution is -2.24. The maximum Gasteiger partial charge on any atom is 0.284 e. The second kappa shape index (κ2) is 17.9. The van der Waals surface area contributed by atoms with E-state index in [1.54, 1.807) is 0 Å². The molecule has 0 saturated carbocycles. The lowest BCUT2D eigenvalue weighted by atomic mass is 10.0. The van der Waals surface area contributed by atoms with Crippen molar-refractivity contribution in [2.75, 3.05) is 13.2 Å². The summed E-state index contributed by atoms with van der Waals surface area (Å²) < 4.78 is 11.9. The zero-order chi connectivity index (χ0) is 17.2. The highest BCUT2D eigenvalue weighted by atomic mass is 31.1. The Labute approximate surface area is 144 Å². The Balaban J connectivity index is 3.27. The molecular weight excluding hydrogens is 309 g/mol. The first-order chi connectivity index (χ1) is 11.3. The number of hydrogen-bond acceptors (Lipinski definition) is 3. The van der Waals surface area contributed by atoms with Gasteiger partial charge < -0.3 is 5.11 Å². The van der Waals surface area contributed by atoms with Gasteiger partial charge in [-0.25, -0.2) is 4.57 Å². The van der Waals surface area contributed by atoms with E-state index in [0.717, 1.165) is 12.8 Å². The fraction of sp³-hybridized carbons (Fsp3) is 0.944. The number of nitrogens with zero attached hydrogens (tertiary/aromatic N) is 1. The van der Waals surface area contributed by atoms with Gasteiger partial charge in [0, 0.05) is 6.42 Å². The minimum atomic E-state index is -0.309. The molecule has 0 bridgehead atoms. The predicted molar refractivity (Wildman–Crippen MR) is 96.7 cm³/mol. The number of unbranched alkanes of at least 4 members (excludes halogenated alkanes) is 12. The fourth-order valence-corrected chi connectivity index (χ4v) is 3.09. The molecule has 0 radical (unpaired) electrons. The van der Waals surface area contributed by atoms with Gasteiger partial charge in [-0.3, -0.25) is 9.46 Å². The molecule has 0 aliphatic rings. The topological polar surface area (TPSA) is 57.6 Å². The van der Waals surface area contributed by atoms with Gasteiger partial charge in [-0.1, -0.05) is 84.0 Å². The third-order valence-electron chi connectivity index (χ3n) is 4.19. The van der Waals surface area contributed by atoms with Crippen LogP contribution >= 0.6 is 8.61 Å². The Morgan fingerprint density at radius 2 is 1.26 bits per heavy atom. The van der Waals surface area contributed by atoms with Crippen molar-refractivity contribution in [2.24, 2.45) is 0 Å². The van der Waals surface area contributed by atoms with Crippen molar-refractivity contribution in [1.82, 2.24) is 4.67 Å². The minimum Gasteiger partial charge on any atom is -0.395 e. The summed E-state index contributed by atoms with van der Waals surface area (Å²) in [4.78, 5) is 11.7. The molecule has 23 heavy (non-hydrogen) atoms. The monoisotopic (exact) mass is 345 g/mol. The number of hydrogen-bond donors (Lipinski definition) is 1. The highest BCUT2D eigenvalue weighted by molar-refractivity contribution is 7.21. The van der Waals surface area contributed by atoms with E-state index in [-0.39, 0.29) is 27.7 Å². The van der Waals surface area contributed by atoms with Crippen LogP contribution in [0, 0.1) is 0 Å². The van der Waals surface area contributed by atoms with Crippen LogP contribution in [0.4, 0.5) is 0 Å². The predicted octanol–water partition coefficient (Wildman–Crippen LogP) is 5.50. The van der Waals surface area contributed by atoms with Crippen molar-refractivity contribution in [3.8, 4) is 0 Å². The molecule has 4 nitrogen and oxygen atoms in total. The number of aliphatic hydroxyl groups is 1. The van der Waals surface area contributed by atoms with Crippen molar-refractivity contribution >= 4 is 14.5 Å². The average Bonchev–Trinajstić information content (AvgIpc) is 2.56. The zero-order valence-electron chi connectivity index (χ0n) is 15.0. The lowest BCUT2D eigenvalue weighted by molar-refractivity contribution is -0.126. The highest BCUT2D eigenvalue weighted by Crippen LogP contribution is 2.14. The molecule has 0 fully saturated rings. The van der Waals surface area contributed by atoms with Crippen LogP contribution in [0.3, 0.4) is 0 Å². The summed E-state index contributed by atoms with van der Waals surface area (Å²) in [5.41, 5.74) is 0. The molecule has 0 unspecified atom stereocenters. The quantitative estimate of drug-likeness (QED) is 0.280. The molecule has 0 atom stereocenters. The summed E-state index contributed by atoms with van der Waals surface area (Å²) in [7, 11) is -0.309. The molecule has 0 aliphatic heterocycles. The molecule has 0 aromatic heterocycles. The van der Waals surface area contributed by atoms with Crippen molar-refractivity contribution in [3.63, 3.8) is 0 Å². The first-order valence-corrected chi connectivity index (χ1v) is 10.3. The Hall–Kier alpha value is -0.470. The zero-order valence-corrected chi connectivity index (χ0v) is 15.9. The van der Waals surface area contributed by atoms with Crippen LogP contribution in [0.1, 0.15) is 96.8 Å². The van der Waals surface area contributed by atoms with E-state index in [9.17, 15) is 9.36 Å². The normalized spacial score (nSPS) is 11.0. The smallest absolute Gasteiger partial charge is 0.284 e. The van der Waals surface area contributed by atoms with E-state index in [2.05, 4.69) is 6.92 Å². The Morgan fingerprint density at radius 3 is 1.65 bits per heavy atom. The molecule has 0 spiro atoms. The van der Waals surface area contributed by atoms with Gasteiger partial charge in [-0.05, 0) is 6.42 Å². The molecule has 136 valence electrons. The van der Waals surface area contributed by atoms with Crippen LogP contribution < -0.4 is 0 Å². The average molecular weight is 345 g/mol. The number of carbonyl (C=O) groups is 1. The molecule has 5 heteroatoms. The first-order valence-electron chi connectivity index (χ1n) is 9.50. The molecule has 0 heterocycles. The summed E-state index contributed by atoms with van der Waals surface area (Å²) in [6.07, 6.45) is 17.1. The van der Waals surface area contributed by atoms with Gasteiger partial charge in [0.05, 0.1) is 13.2 Å². The van der Waals surface area contributed by atoms with Gasteiger partial charge in [0.2, 0.25) is 5.91 Å². The fourth-order valence-electron chi connectivity index (χ4n) is 2.73. The summed E-state index contributed by atoms with van der Waals surface area (Å²) in [6.45, 7) is 2.27. The lowest BCUT2D eigenvalue weighted by Gasteiger charge is -2.12. The van der Waals surface area contributed by atoms with E-state index >= 15 is 0 Å². The largest absolute Gasteiger partial charge is 0.395 e. The third kappa shape index (κ3) is 14.8. The SMILES string of the molecule is CCCCCCCCCCCCCCCC(=O)N(CCO)P=O. The molecule has 1 amide bonds. The van der Waals surface area contributed by atoms with Gasteiger partial charge in [0.15, 0.2) is 0 Å². The molecular formula is C18H36NO3P. The van der Waals surface area contributed by atoms with Gasteiger partial charge >= 0.3 is 0 Å². The van der Waals surface area contributed by atoms with E-state index < -0.39 is 0 Å². The molecule has 0 aromatic rings. The van der Waals surface area contributed by atoms with Crippen molar-refractivity contribution in [1.29, 1.82) is 0 Å². The van der Waals surface area contributed by atoms with Crippen molar-refractivity contribution in [3.05, 3.63) is 0 Å². The molecule has 0 aliphatic carbocycles. The summed E-state index contributed by atoms with van der Waals surface area (Å²) in [5, 5.41) is 8.76. The number of carbonyl (C=O) groups excluding carboxylic acids is 1. The molecule has 0 aromatic carbocycles. The van der Waals surface area contributed by atoms with E-state index in [1.165, 1.54) is 75.3 Å². The molecule has 1 N–H and O–H groups in total. The van der Waals surface area contributed by atoms with Crippen molar-refractivity contribution < 1.29 is 14.5 Å². The van der Waals surface area contributed by atoms with E-state index in [4.69, 9.17) is 5.11 Å². The van der Waals surface area contributed by atoms with Crippen LogP contribution in [-0.4, -0.2) is 28.8 Å². The van der Waals surface area contributed by atoms with Crippen LogP contribution in [0.15, 0.2) is 0 Å². The van der Waals surface area contributed by atoms with Gasteiger partial charge in [0.25, 0.3) is 8.61 Å². The maximum atomic E-state index is 11.7. The standard InChI is InChI=1S/C18H36NO3P/c1-2-3-4-5-6-7-8-9-10-11-12-13-14-15-18(21)19(23-22)16-17-20/h20H,2-17H2,1H3.